The van der Waals surface area contributed by atoms with Crippen LogP contribution in [0.15, 0.2) is 28.8 Å². The van der Waals surface area contributed by atoms with E-state index in [0.717, 1.165) is 18.4 Å². The Morgan fingerprint density at radius 2 is 2.00 bits per heavy atom. The fourth-order valence-corrected chi connectivity index (χ4v) is 1.87. The van der Waals surface area contributed by atoms with E-state index in [4.69, 9.17) is 21.9 Å². The lowest BCUT2D eigenvalue weighted by Gasteiger charge is -2.01. The van der Waals surface area contributed by atoms with E-state index < -0.39 is 0 Å². The number of rotatable bonds is 3. The van der Waals surface area contributed by atoms with Crippen molar-refractivity contribution in [3.8, 4) is 11.5 Å². The molecule has 1 aliphatic carbocycles. The van der Waals surface area contributed by atoms with E-state index in [0.29, 0.717) is 22.7 Å². The third-order valence-electron chi connectivity index (χ3n) is 2.96. The van der Waals surface area contributed by atoms with Gasteiger partial charge in [-0.1, -0.05) is 16.8 Å². The highest BCUT2D eigenvalue weighted by Gasteiger charge is 2.32. The summed E-state index contributed by atoms with van der Waals surface area (Å²) in [5.41, 5.74) is 6.87. The summed E-state index contributed by atoms with van der Waals surface area (Å²) >= 11 is 5.82. The molecule has 1 aromatic heterocycles. The Bertz CT molecular complexity index is 519. The second kappa shape index (κ2) is 4.13. The van der Waals surface area contributed by atoms with E-state index >= 15 is 0 Å². The first kappa shape index (κ1) is 10.7. The van der Waals surface area contributed by atoms with Gasteiger partial charge in [0.2, 0.25) is 0 Å². The molecule has 5 heteroatoms. The van der Waals surface area contributed by atoms with Crippen molar-refractivity contribution in [2.75, 3.05) is 0 Å². The summed E-state index contributed by atoms with van der Waals surface area (Å²) in [5, 5.41) is 4.62. The largest absolute Gasteiger partial charge is 0.334 e. The SMILES string of the molecule is NC(c1noc(-c2ccc(Cl)cc2)n1)C1CC1. The van der Waals surface area contributed by atoms with Gasteiger partial charge in [0.1, 0.15) is 0 Å². The molecule has 1 aliphatic rings. The maximum absolute atomic E-state index is 6.01. The molecule has 0 spiro atoms. The Morgan fingerprint density at radius 3 is 2.65 bits per heavy atom. The molecule has 1 atom stereocenters. The summed E-state index contributed by atoms with van der Waals surface area (Å²) in [4.78, 5) is 4.33. The van der Waals surface area contributed by atoms with Crippen LogP contribution >= 0.6 is 11.6 Å². The minimum absolute atomic E-state index is 0.0974. The number of benzene rings is 1. The number of aromatic nitrogens is 2. The van der Waals surface area contributed by atoms with Gasteiger partial charge >= 0.3 is 0 Å². The molecular weight excluding hydrogens is 238 g/mol. The molecule has 3 rings (SSSR count). The molecular formula is C12H12ClN3O. The van der Waals surface area contributed by atoms with Gasteiger partial charge in [-0.15, -0.1) is 0 Å². The molecule has 1 fully saturated rings. The van der Waals surface area contributed by atoms with Crippen molar-refractivity contribution < 1.29 is 4.52 Å². The molecule has 0 amide bonds. The zero-order valence-electron chi connectivity index (χ0n) is 9.14. The fraction of sp³-hybridized carbons (Fsp3) is 0.333. The van der Waals surface area contributed by atoms with Crippen LogP contribution in [0.1, 0.15) is 24.7 Å². The molecule has 0 radical (unpaired) electrons. The van der Waals surface area contributed by atoms with Gasteiger partial charge in [-0.05, 0) is 43.0 Å². The number of nitrogens with two attached hydrogens (primary N) is 1. The van der Waals surface area contributed by atoms with Crippen molar-refractivity contribution in [3.63, 3.8) is 0 Å². The van der Waals surface area contributed by atoms with Gasteiger partial charge in [-0.3, -0.25) is 0 Å². The van der Waals surface area contributed by atoms with E-state index in [1.807, 2.05) is 12.1 Å². The lowest BCUT2D eigenvalue weighted by molar-refractivity contribution is 0.411. The van der Waals surface area contributed by atoms with Crippen LogP contribution in [0.4, 0.5) is 0 Å². The van der Waals surface area contributed by atoms with Gasteiger partial charge in [-0.2, -0.15) is 4.98 Å². The maximum Gasteiger partial charge on any atom is 0.257 e. The number of hydrogen-bond donors (Lipinski definition) is 1. The first-order valence-corrected chi connectivity index (χ1v) is 5.97. The Morgan fingerprint density at radius 1 is 1.29 bits per heavy atom. The van der Waals surface area contributed by atoms with Crippen molar-refractivity contribution in [2.24, 2.45) is 11.7 Å². The van der Waals surface area contributed by atoms with Crippen molar-refractivity contribution >= 4 is 11.6 Å². The van der Waals surface area contributed by atoms with Crippen LogP contribution in [0.3, 0.4) is 0 Å². The summed E-state index contributed by atoms with van der Waals surface area (Å²) in [5.74, 6) is 1.61. The summed E-state index contributed by atoms with van der Waals surface area (Å²) < 4.78 is 5.21. The average molecular weight is 250 g/mol. The van der Waals surface area contributed by atoms with Crippen LogP contribution in [0.25, 0.3) is 11.5 Å². The first-order chi connectivity index (χ1) is 8.24. The Balaban J connectivity index is 1.86. The predicted molar refractivity (Wildman–Crippen MR) is 64.4 cm³/mol. The molecule has 1 aromatic carbocycles. The summed E-state index contributed by atoms with van der Waals surface area (Å²) in [6.07, 6.45) is 2.32. The maximum atomic E-state index is 6.01. The highest BCUT2D eigenvalue weighted by molar-refractivity contribution is 6.30. The van der Waals surface area contributed by atoms with Crippen LogP contribution in [0.2, 0.25) is 5.02 Å². The van der Waals surface area contributed by atoms with Gasteiger partial charge in [0.15, 0.2) is 5.82 Å². The Kier molecular flexibility index (Phi) is 2.61. The average Bonchev–Trinajstić information content (AvgIpc) is 3.07. The highest BCUT2D eigenvalue weighted by atomic mass is 35.5. The quantitative estimate of drug-likeness (QED) is 0.908. The molecule has 0 saturated heterocycles. The van der Waals surface area contributed by atoms with Crippen molar-refractivity contribution in [1.29, 1.82) is 0 Å². The molecule has 4 nitrogen and oxygen atoms in total. The lowest BCUT2D eigenvalue weighted by Crippen LogP contribution is -2.13. The molecule has 0 aliphatic heterocycles. The van der Waals surface area contributed by atoms with E-state index in [1.165, 1.54) is 0 Å². The monoisotopic (exact) mass is 249 g/mol. The number of hydrogen-bond acceptors (Lipinski definition) is 4. The normalized spacial score (nSPS) is 17.1. The minimum Gasteiger partial charge on any atom is -0.334 e. The standard InChI is InChI=1S/C12H12ClN3O/c13-9-5-3-8(4-6-9)12-15-11(16-17-12)10(14)7-1-2-7/h3-7,10H,1-2,14H2. The van der Waals surface area contributed by atoms with E-state index in [9.17, 15) is 0 Å². The molecule has 1 heterocycles. The molecule has 1 unspecified atom stereocenters. The van der Waals surface area contributed by atoms with Crippen LogP contribution in [0, 0.1) is 5.92 Å². The van der Waals surface area contributed by atoms with Gasteiger partial charge < -0.3 is 10.3 Å². The second-order valence-corrected chi connectivity index (χ2v) is 4.76. The van der Waals surface area contributed by atoms with Gasteiger partial charge in [0, 0.05) is 10.6 Å². The van der Waals surface area contributed by atoms with Crippen LogP contribution in [-0.4, -0.2) is 10.1 Å². The minimum atomic E-state index is -0.0974. The lowest BCUT2D eigenvalue weighted by atomic mass is 10.2. The van der Waals surface area contributed by atoms with Crippen LogP contribution in [-0.2, 0) is 0 Å². The van der Waals surface area contributed by atoms with Crippen molar-refractivity contribution in [2.45, 2.75) is 18.9 Å². The second-order valence-electron chi connectivity index (χ2n) is 4.33. The van der Waals surface area contributed by atoms with E-state index in [2.05, 4.69) is 10.1 Å². The molecule has 17 heavy (non-hydrogen) atoms. The molecule has 2 N–H and O–H groups in total. The van der Waals surface area contributed by atoms with Gasteiger partial charge in [-0.25, -0.2) is 0 Å². The zero-order valence-corrected chi connectivity index (χ0v) is 9.89. The summed E-state index contributed by atoms with van der Waals surface area (Å²) in [6.45, 7) is 0. The predicted octanol–water partition coefficient (Wildman–Crippen LogP) is 2.80. The van der Waals surface area contributed by atoms with Gasteiger partial charge in [0.05, 0.1) is 6.04 Å². The molecule has 0 bridgehead atoms. The fourth-order valence-electron chi connectivity index (χ4n) is 1.75. The zero-order chi connectivity index (χ0) is 11.8. The summed E-state index contributed by atoms with van der Waals surface area (Å²) in [7, 11) is 0. The topological polar surface area (TPSA) is 64.9 Å². The Labute approximate surface area is 104 Å². The first-order valence-electron chi connectivity index (χ1n) is 5.59. The molecule has 88 valence electrons. The number of halogens is 1. The molecule has 2 aromatic rings. The summed E-state index contributed by atoms with van der Waals surface area (Å²) in [6, 6.07) is 7.19. The highest BCUT2D eigenvalue weighted by Crippen LogP contribution is 2.38. The third-order valence-corrected chi connectivity index (χ3v) is 3.21. The molecule has 1 saturated carbocycles. The van der Waals surface area contributed by atoms with Crippen molar-refractivity contribution in [3.05, 3.63) is 35.1 Å². The van der Waals surface area contributed by atoms with Crippen molar-refractivity contribution in [1.82, 2.24) is 10.1 Å². The van der Waals surface area contributed by atoms with Gasteiger partial charge in [0.25, 0.3) is 5.89 Å². The van der Waals surface area contributed by atoms with Crippen LogP contribution in [0.5, 0.6) is 0 Å². The third kappa shape index (κ3) is 2.18. The van der Waals surface area contributed by atoms with E-state index in [1.54, 1.807) is 12.1 Å². The number of nitrogens with zero attached hydrogens (tertiary/aromatic N) is 2. The smallest absolute Gasteiger partial charge is 0.257 e. The van der Waals surface area contributed by atoms with E-state index in [-0.39, 0.29) is 6.04 Å². The van der Waals surface area contributed by atoms with Crippen LogP contribution < -0.4 is 5.73 Å². The Hall–Kier alpha value is -1.39.